The van der Waals surface area contributed by atoms with Gasteiger partial charge in [0.1, 0.15) is 18.3 Å². The zero-order valence-electron chi connectivity index (χ0n) is 24.4. The van der Waals surface area contributed by atoms with Crippen molar-refractivity contribution in [2.75, 3.05) is 26.0 Å². The molecule has 0 radical (unpaired) electrons. The molecule has 1 saturated heterocycles. The highest BCUT2D eigenvalue weighted by Gasteiger charge is 2.50. The van der Waals surface area contributed by atoms with Gasteiger partial charge >= 0.3 is 13.6 Å². The number of carbonyl (C=O) groups excluding carboxylic acids is 1. The van der Waals surface area contributed by atoms with Crippen LogP contribution in [0.5, 0.6) is 0 Å². The Morgan fingerprint density at radius 3 is 1.68 bits per heavy atom. The van der Waals surface area contributed by atoms with Crippen LogP contribution in [0.25, 0.3) is 0 Å². The van der Waals surface area contributed by atoms with Gasteiger partial charge in [-0.2, -0.15) is 0 Å². The highest BCUT2D eigenvalue weighted by Crippen LogP contribution is 2.51. The number of esters is 1. The van der Waals surface area contributed by atoms with Crippen molar-refractivity contribution in [3.05, 3.63) is 0 Å². The summed E-state index contributed by atoms with van der Waals surface area (Å²) in [6.07, 6.45) is 2.31. The summed E-state index contributed by atoms with van der Waals surface area (Å²) < 4.78 is 55.9. The molecule has 0 N–H and O–H groups in total. The van der Waals surface area contributed by atoms with Gasteiger partial charge in [-0.1, -0.05) is 40.0 Å². The maximum Gasteiger partial charge on any atom is 0.331 e. The predicted octanol–water partition coefficient (Wildman–Crippen LogP) is 6.26. The molecule has 37 heavy (non-hydrogen) atoms. The van der Waals surface area contributed by atoms with Crippen LogP contribution >= 0.6 is 7.60 Å². The summed E-state index contributed by atoms with van der Waals surface area (Å²) in [7, 11) is -3.40. The van der Waals surface area contributed by atoms with Gasteiger partial charge in [-0.05, 0) is 53.4 Å². The molecule has 0 saturated carbocycles. The molecule has 220 valence electrons. The molecule has 0 aliphatic carbocycles. The second kappa shape index (κ2) is 18.7. The number of unbranched alkanes of at least 4 members (excludes halogenated alkanes) is 3. The maximum atomic E-state index is 13.6. The van der Waals surface area contributed by atoms with Crippen LogP contribution in [0.15, 0.2) is 0 Å². The van der Waals surface area contributed by atoms with E-state index in [2.05, 4.69) is 20.8 Å². The van der Waals surface area contributed by atoms with Crippen LogP contribution < -0.4 is 0 Å². The third-order valence-electron chi connectivity index (χ3n) is 5.73. The van der Waals surface area contributed by atoms with Crippen molar-refractivity contribution in [3.8, 4) is 0 Å². The lowest BCUT2D eigenvalue weighted by Gasteiger charge is -2.45. The van der Waals surface area contributed by atoms with E-state index in [-0.39, 0.29) is 18.4 Å². The number of hydrogen-bond acceptors (Lipinski definition) is 9. The molecule has 1 fully saturated rings. The quantitative estimate of drug-likeness (QED) is 0.0984. The average Bonchev–Trinajstić information content (AvgIpc) is 2.79. The van der Waals surface area contributed by atoms with E-state index >= 15 is 0 Å². The van der Waals surface area contributed by atoms with Crippen molar-refractivity contribution in [2.24, 2.45) is 0 Å². The minimum atomic E-state index is -3.40. The van der Waals surface area contributed by atoms with Gasteiger partial charge in [0, 0.05) is 26.7 Å². The average molecular weight is 553 g/mol. The van der Waals surface area contributed by atoms with E-state index < -0.39 is 44.3 Å². The fourth-order valence-corrected chi connectivity index (χ4v) is 6.20. The van der Waals surface area contributed by atoms with E-state index in [0.717, 1.165) is 38.5 Å². The van der Waals surface area contributed by atoms with Gasteiger partial charge in [0.05, 0.1) is 24.5 Å². The summed E-state index contributed by atoms with van der Waals surface area (Å²) in [6.45, 7) is 16.5. The summed E-state index contributed by atoms with van der Waals surface area (Å²) in [5.41, 5.74) is 0. The van der Waals surface area contributed by atoms with E-state index in [0.29, 0.717) is 26.2 Å². The zero-order chi connectivity index (χ0) is 27.8. The Morgan fingerprint density at radius 2 is 1.24 bits per heavy atom. The van der Waals surface area contributed by atoms with Crippen LogP contribution in [0.1, 0.15) is 100 Å². The molecule has 1 aliphatic heterocycles. The van der Waals surface area contributed by atoms with E-state index in [9.17, 15) is 9.36 Å². The minimum absolute atomic E-state index is 0.136. The molecule has 0 amide bonds. The van der Waals surface area contributed by atoms with Gasteiger partial charge < -0.3 is 32.7 Å². The highest BCUT2D eigenvalue weighted by atomic mass is 31.2. The van der Waals surface area contributed by atoms with Crippen LogP contribution in [-0.2, 0) is 42.1 Å². The molecule has 0 aromatic carbocycles. The van der Waals surface area contributed by atoms with Gasteiger partial charge in [-0.15, -0.1) is 0 Å². The molecular formula is C27H53O9P. The van der Waals surface area contributed by atoms with Crippen LogP contribution in [0.4, 0.5) is 0 Å². The molecule has 1 rings (SSSR count). The van der Waals surface area contributed by atoms with Gasteiger partial charge in [-0.3, -0.25) is 9.36 Å². The third kappa shape index (κ3) is 13.4. The Hall–Kier alpha value is -0.540. The second-order valence-corrected chi connectivity index (χ2v) is 12.2. The topological polar surface area (TPSA) is 98.8 Å². The summed E-state index contributed by atoms with van der Waals surface area (Å²) >= 11 is 0. The minimum Gasteiger partial charge on any atom is -0.433 e. The molecule has 0 spiro atoms. The predicted molar refractivity (Wildman–Crippen MR) is 144 cm³/mol. The first-order valence-corrected chi connectivity index (χ1v) is 15.9. The summed E-state index contributed by atoms with van der Waals surface area (Å²) in [6, 6.07) is 0. The number of ether oxygens (including phenoxy) is 5. The molecule has 0 aromatic rings. The van der Waals surface area contributed by atoms with E-state index in [4.69, 9.17) is 32.7 Å². The Bertz CT molecular complexity index is 644. The van der Waals surface area contributed by atoms with Crippen molar-refractivity contribution in [2.45, 2.75) is 143 Å². The first-order valence-electron chi connectivity index (χ1n) is 14.2. The molecule has 1 unspecified atom stereocenters. The maximum absolute atomic E-state index is 13.6. The summed E-state index contributed by atoms with van der Waals surface area (Å²) in [5, 5.41) is 0. The van der Waals surface area contributed by atoms with E-state index in [1.54, 1.807) is 0 Å². The van der Waals surface area contributed by atoms with Crippen molar-refractivity contribution < 1.29 is 42.1 Å². The molecule has 10 heteroatoms. The first kappa shape index (κ1) is 34.5. The van der Waals surface area contributed by atoms with E-state index in [1.165, 1.54) is 6.92 Å². The third-order valence-corrected chi connectivity index (χ3v) is 8.02. The second-order valence-electron chi connectivity index (χ2n) is 10.2. The highest BCUT2D eigenvalue weighted by molar-refractivity contribution is 7.53. The van der Waals surface area contributed by atoms with Crippen molar-refractivity contribution in [1.82, 2.24) is 0 Å². The summed E-state index contributed by atoms with van der Waals surface area (Å²) in [5.74, 6) is -0.470. The molecule has 1 aliphatic rings. The van der Waals surface area contributed by atoms with Gasteiger partial charge in [0.2, 0.25) is 6.29 Å². The van der Waals surface area contributed by atoms with Crippen LogP contribution in [-0.4, -0.2) is 74.9 Å². The Morgan fingerprint density at radius 1 is 0.784 bits per heavy atom. The smallest absolute Gasteiger partial charge is 0.331 e. The lowest BCUT2D eigenvalue weighted by molar-refractivity contribution is -0.310. The number of carbonyl (C=O) groups is 1. The van der Waals surface area contributed by atoms with E-state index in [1.807, 2.05) is 27.7 Å². The Kier molecular flexibility index (Phi) is 17.4. The first-order chi connectivity index (χ1) is 17.6. The van der Waals surface area contributed by atoms with Crippen molar-refractivity contribution >= 4 is 13.6 Å². The standard InChI is InChI=1S/C27H53O9P/c1-9-12-16-30-24-23(15-19-37(29,35-20(4)5)36-21(6)7)34-27(33-22(8)28)26(32-18-14-11-3)25(24)31-17-13-10-2/h20-21,23-27H,9-19H2,1-8H3/t23-,24-,25+,26+,27?/m1/s1. The fourth-order valence-electron chi connectivity index (χ4n) is 4.09. The van der Waals surface area contributed by atoms with Crippen LogP contribution in [0, 0.1) is 0 Å². The van der Waals surface area contributed by atoms with Gasteiger partial charge in [0.25, 0.3) is 0 Å². The largest absolute Gasteiger partial charge is 0.433 e. The monoisotopic (exact) mass is 552 g/mol. The van der Waals surface area contributed by atoms with Crippen LogP contribution in [0.2, 0.25) is 0 Å². The number of hydrogen-bond donors (Lipinski definition) is 0. The van der Waals surface area contributed by atoms with Crippen molar-refractivity contribution in [3.63, 3.8) is 0 Å². The Balaban J connectivity index is 3.29. The fraction of sp³-hybridized carbons (Fsp3) is 0.963. The molecule has 0 aromatic heterocycles. The lowest BCUT2D eigenvalue weighted by Crippen LogP contribution is -2.61. The molecule has 9 nitrogen and oxygen atoms in total. The summed E-state index contributed by atoms with van der Waals surface area (Å²) in [4.78, 5) is 12.0. The van der Waals surface area contributed by atoms with Crippen LogP contribution in [0.3, 0.4) is 0 Å². The Labute approximate surface area is 225 Å². The van der Waals surface area contributed by atoms with Gasteiger partial charge in [-0.25, -0.2) is 0 Å². The molecule has 0 bridgehead atoms. The normalized spacial score (nSPS) is 24.6. The molecule has 5 atom stereocenters. The molecular weight excluding hydrogens is 499 g/mol. The van der Waals surface area contributed by atoms with Crippen molar-refractivity contribution in [1.29, 1.82) is 0 Å². The number of rotatable bonds is 20. The van der Waals surface area contributed by atoms with Gasteiger partial charge in [0.15, 0.2) is 0 Å². The SMILES string of the molecule is CCCCO[C@H]1[C@H](OCCCC)[C@@H](CCP(=O)(OC(C)C)OC(C)C)OC(OC(C)=O)[C@H]1OCCCC. The zero-order valence-corrected chi connectivity index (χ0v) is 25.3. The molecule has 1 heterocycles. The lowest BCUT2D eigenvalue weighted by atomic mass is 9.96.